The van der Waals surface area contributed by atoms with Crippen LogP contribution >= 0.6 is 0 Å². The summed E-state index contributed by atoms with van der Waals surface area (Å²) in [5.41, 5.74) is 6.48. The van der Waals surface area contributed by atoms with E-state index in [1.165, 1.54) is 0 Å². The average molecular weight is 273 g/mol. The van der Waals surface area contributed by atoms with Crippen molar-refractivity contribution in [2.45, 2.75) is 20.0 Å². The first-order valence-corrected chi connectivity index (χ1v) is 6.29. The quantitative estimate of drug-likeness (QED) is 0.723. The number of fused-ring (bicyclic) bond motifs is 1. The van der Waals surface area contributed by atoms with Gasteiger partial charge >= 0.3 is 5.69 Å². The Kier molecular flexibility index (Phi) is 2.78. The van der Waals surface area contributed by atoms with Crippen molar-refractivity contribution in [3.8, 4) is 0 Å². The number of anilines is 1. The van der Waals surface area contributed by atoms with E-state index >= 15 is 0 Å². The topological polar surface area (TPSA) is 96.6 Å². The fraction of sp³-hybridized carbons (Fsp3) is 0.333. The molecule has 3 heterocycles. The van der Waals surface area contributed by atoms with E-state index in [-0.39, 0.29) is 12.2 Å². The predicted octanol–water partition coefficient (Wildman–Crippen LogP) is -0.0231. The summed E-state index contributed by atoms with van der Waals surface area (Å²) in [4.78, 5) is 20.6. The third kappa shape index (κ3) is 1.85. The number of aromatic nitrogens is 6. The zero-order chi connectivity index (χ0) is 14.3. The minimum Gasteiger partial charge on any atom is -0.383 e. The molecule has 104 valence electrons. The van der Waals surface area contributed by atoms with E-state index < -0.39 is 0 Å². The molecule has 0 bridgehead atoms. The summed E-state index contributed by atoms with van der Waals surface area (Å²) < 4.78 is 4.81. The van der Waals surface area contributed by atoms with Crippen molar-refractivity contribution in [3.63, 3.8) is 0 Å². The number of imidazole rings is 1. The molecule has 3 aromatic rings. The van der Waals surface area contributed by atoms with Crippen LogP contribution in [0.1, 0.15) is 12.7 Å². The van der Waals surface area contributed by atoms with Gasteiger partial charge in [-0.25, -0.2) is 14.8 Å². The highest BCUT2D eigenvalue weighted by atomic mass is 16.1. The molecule has 0 saturated heterocycles. The van der Waals surface area contributed by atoms with E-state index in [0.717, 1.165) is 5.39 Å². The van der Waals surface area contributed by atoms with E-state index in [0.29, 0.717) is 23.8 Å². The summed E-state index contributed by atoms with van der Waals surface area (Å²) in [7, 11) is 1.79. The van der Waals surface area contributed by atoms with E-state index in [4.69, 9.17) is 5.73 Å². The van der Waals surface area contributed by atoms with Gasteiger partial charge in [0.05, 0.1) is 18.1 Å². The van der Waals surface area contributed by atoms with Crippen molar-refractivity contribution < 1.29 is 0 Å². The molecule has 8 heteroatoms. The molecule has 0 aliphatic rings. The van der Waals surface area contributed by atoms with Gasteiger partial charge in [-0.2, -0.15) is 5.10 Å². The van der Waals surface area contributed by atoms with Crippen molar-refractivity contribution in [1.29, 1.82) is 0 Å². The van der Waals surface area contributed by atoms with Crippen LogP contribution in [-0.2, 0) is 20.1 Å². The summed E-state index contributed by atoms with van der Waals surface area (Å²) >= 11 is 0. The molecule has 0 atom stereocenters. The molecule has 0 unspecified atom stereocenters. The molecule has 0 aromatic carbocycles. The molecular weight excluding hydrogens is 258 g/mol. The molecular formula is C12H15N7O. The van der Waals surface area contributed by atoms with E-state index in [2.05, 4.69) is 15.1 Å². The van der Waals surface area contributed by atoms with Gasteiger partial charge in [0.25, 0.3) is 0 Å². The Bertz CT molecular complexity index is 826. The number of nitrogen functional groups attached to an aromatic ring is 1. The Morgan fingerprint density at radius 3 is 2.70 bits per heavy atom. The number of hydrogen-bond donors (Lipinski definition) is 1. The predicted molar refractivity (Wildman–Crippen MR) is 74.2 cm³/mol. The Morgan fingerprint density at radius 2 is 2.00 bits per heavy atom. The van der Waals surface area contributed by atoms with Crippen LogP contribution in [0.5, 0.6) is 0 Å². The number of aryl methyl sites for hydroxylation is 2. The summed E-state index contributed by atoms with van der Waals surface area (Å²) in [5, 5.41) is 4.82. The standard InChI is InChI=1S/C12H15N7O/c1-3-18-4-5-19(12(18)20)7-9-15-10(13)8-6-14-17(2)11(8)16-9/h4-6H,3,7H2,1-2H3,(H2,13,15,16). The summed E-state index contributed by atoms with van der Waals surface area (Å²) in [5.74, 6) is 0.871. The van der Waals surface area contributed by atoms with Crippen LogP contribution < -0.4 is 11.4 Å². The van der Waals surface area contributed by atoms with Crippen molar-refractivity contribution in [3.05, 3.63) is 34.9 Å². The molecule has 20 heavy (non-hydrogen) atoms. The molecule has 2 N–H and O–H groups in total. The van der Waals surface area contributed by atoms with Crippen molar-refractivity contribution in [2.75, 3.05) is 5.73 Å². The summed E-state index contributed by atoms with van der Waals surface area (Å²) in [6.07, 6.45) is 5.10. The van der Waals surface area contributed by atoms with Gasteiger partial charge in [-0.3, -0.25) is 13.8 Å². The molecule has 3 rings (SSSR count). The number of rotatable bonds is 3. The maximum Gasteiger partial charge on any atom is 0.328 e. The lowest BCUT2D eigenvalue weighted by atomic mass is 10.4. The SMILES string of the molecule is CCn1ccn(Cc2nc(N)c3cnn(C)c3n2)c1=O. The highest BCUT2D eigenvalue weighted by molar-refractivity contribution is 5.84. The first kappa shape index (κ1) is 12.4. The van der Waals surface area contributed by atoms with Gasteiger partial charge in [0.1, 0.15) is 5.82 Å². The highest BCUT2D eigenvalue weighted by Gasteiger charge is 2.11. The minimum absolute atomic E-state index is 0.0835. The van der Waals surface area contributed by atoms with Crippen molar-refractivity contribution in [2.24, 2.45) is 7.05 Å². The van der Waals surface area contributed by atoms with Gasteiger partial charge in [0.15, 0.2) is 11.5 Å². The molecule has 0 amide bonds. The summed E-state index contributed by atoms with van der Waals surface area (Å²) in [6.45, 7) is 2.84. The van der Waals surface area contributed by atoms with Gasteiger partial charge in [-0.15, -0.1) is 0 Å². The van der Waals surface area contributed by atoms with Crippen LogP contribution in [0.2, 0.25) is 0 Å². The van der Waals surface area contributed by atoms with Crippen LogP contribution in [0.3, 0.4) is 0 Å². The second-order valence-corrected chi connectivity index (χ2v) is 4.53. The average Bonchev–Trinajstić information content (AvgIpc) is 2.96. The third-order valence-electron chi connectivity index (χ3n) is 3.24. The molecule has 8 nitrogen and oxygen atoms in total. The second-order valence-electron chi connectivity index (χ2n) is 4.53. The second kappa shape index (κ2) is 4.48. The monoisotopic (exact) mass is 273 g/mol. The molecule has 0 saturated carbocycles. The fourth-order valence-electron chi connectivity index (χ4n) is 2.13. The number of nitrogens with two attached hydrogens (primary N) is 1. The third-order valence-corrected chi connectivity index (χ3v) is 3.24. The van der Waals surface area contributed by atoms with Gasteiger partial charge in [-0.05, 0) is 6.92 Å². The lowest BCUT2D eigenvalue weighted by Gasteiger charge is -2.03. The maximum absolute atomic E-state index is 12.0. The zero-order valence-electron chi connectivity index (χ0n) is 11.3. The maximum atomic E-state index is 12.0. The Labute approximate surface area is 114 Å². The largest absolute Gasteiger partial charge is 0.383 e. The van der Waals surface area contributed by atoms with Crippen molar-refractivity contribution >= 4 is 16.9 Å². The molecule has 0 spiro atoms. The number of nitrogens with zero attached hydrogens (tertiary/aromatic N) is 6. The summed E-state index contributed by atoms with van der Waals surface area (Å²) in [6, 6.07) is 0. The minimum atomic E-state index is -0.0835. The number of hydrogen-bond acceptors (Lipinski definition) is 5. The molecule has 0 aliphatic heterocycles. The lowest BCUT2D eigenvalue weighted by Crippen LogP contribution is -2.24. The first-order chi connectivity index (χ1) is 9.60. The zero-order valence-corrected chi connectivity index (χ0v) is 11.3. The lowest BCUT2D eigenvalue weighted by molar-refractivity contribution is 0.653. The molecule has 0 fully saturated rings. The van der Waals surface area contributed by atoms with Crippen molar-refractivity contribution in [1.82, 2.24) is 28.9 Å². The van der Waals surface area contributed by atoms with Gasteiger partial charge in [0, 0.05) is 26.0 Å². The van der Waals surface area contributed by atoms with Gasteiger partial charge < -0.3 is 5.73 Å². The molecule has 0 radical (unpaired) electrons. The van der Waals surface area contributed by atoms with Crippen LogP contribution in [0.15, 0.2) is 23.4 Å². The Morgan fingerprint density at radius 1 is 1.25 bits per heavy atom. The Hall–Kier alpha value is -2.64. The normalized spacial score (nSPS) is 11.3. The highest BCUT2D eigenvalue weighted by Crippen LogP contribution is 2.16. The van der Waals surface area contributed by atoms with Crippen LogP contribution in [0.4, 0.5) is 5.82 Å². The van der Waals surface area contributed by atoms with Gasteiger partial charge in [-0.1, -0.05) is 0 Å². The first-order valence-electron chi connectivity index (χ1n) is 6.29. The molecule has 0 aliphatic carbocycles. The van der Waals surface area contributed by atoms with Gasteiger partial charge in [0.2, 0.25) is 0 Å². The molecule has 3 aromatic heterocycles. The van der Waals surface area contributed by atoms with E-state index in [1.807, 2.05) is 6.92 Å². The van der Waals surface area contributed by atoms with Crippen LogP contribution in [-0.4, -0.2) is 28.9 Å². The smallest absolute Gasteiger partial charge is 0.328 e. The van der Waals surface area contributed by atoms with E-state index in [9.17, 15) is 4.79 Å². The van der Waals surface area contributed by atoms with Crippen LogP contribution in [0.25, 0.3) is 11.0 Å². The fourth-order valence-corrected chi connectivity index (χ4v) is 2.13. The Balaban J connectivity index is 2.04. The van der Waals surface area contributed by atoms with Crippen LogP contribution in [0, 0.1) is 0 Å². The van der Waals surface area contributed by atoms with E-state index in [1.54, 1.807) is 39.5 Å².